The van der Waals surface area contributed by atoms with E-state index in [0.29, 0.717) is 18.1 Å². The lowest BCUT2D eigenvalue weighted by molar-refractivity contribution is 0.258. The van der Waals surface area contributed by atoms with Gasteiger partial charge in [-0.15, -0.1) is 5.10 Å². The van der Waals surface area contributed by atoms with Crippen LogP contribution in [-0.4, -0.2) is 38.8 Å². The molecule has 2 aliphatic rings. The van der Waals surface area contributed by atoms with Gasteiger partial charge in [0.1, 0.15) is 6.33 Å². The molecule has 23 heavy (non-hydrogen) atoms. The maximum atomic E-state index is 3.91. The summed E-state index contributed by atoms with van der Waals surface area (Å²) in [7, 11) is 0. The highest BCUT2D eigenvalue weighted by Crippen LogP contribution is 2.28. The zero-order valence-corrected chi connectivity index (χ0v) is 13.3. The normalized spacial score (nSPS) is 28.5. The average Bonchev–Trinajstić information content (AvgIpc) is 3.26. The lowest BCUT2D eigenvalue weighted by Crippen LogP contribution is -2.42. The van der Waals surface area contributed by atoms with Crippen molar-refractivity contribution in [3.8, 4) is 5.69 Å². The molecule has 7 heteroatoms. The molecule has 2 aromatic rings. The van der Waals surface area contributed by atoms with Crippen LogP contribution in [0.1, 0.15) is 37.8 Å². The number of hydrogen-bond acceptors (Lipinski definition) is 6. The Morgan fingerprint density at radius 1 is 1.26 bits per heavy atom. The Bertz CT molecular complexity index is 624. The van der Waals surface area contributed by atoms with E-state index < -0.39 is 0 Å². The summed E-state index contributed by atoms with van der Waals surface area (Å²) in [6.07, 6.45) is 5.35. The zero-order valence-electron chi connectivity index (χ0n) is 13.3. The quantitative estimate of drug-likeness (QED) is 0.780. The van der Waals surface area contributed by atoms with Gasteiger partial charge in [-0.25, -0.2) is 4.68 Å². The van der Waals surface area contributed by atoms with Gasteiger partial charge >= 0.3 is 0 Å². The molecule has 1 aliphatic carbocycles. The molecule has 1 aromatic heterocycles. The molecular formula is C16H23N7. The largest absolute Gasteiger partial charge is 0.307 e. The zero-order chi connectivity index (χ0) is 15.6. The van der Waals surface area contributed by atoms with E-state index in [0.717, 1.165) is 18.2 Å². The highest BCUT2D eigenvalue weighted by Gasteiger charge is 2.33. The van der Waals surface area contributed by atoms with E-state index in [4.69, 9.17) is 0 Å². The molecule has 3 N–H and O–H groups in total. The van der Waals surface area contributed by atoms with Gasteiger partial charge in [-0.3, -0.25) is 10.9 Å². The van der Waals surface area contributed by atoms with Gasteiger partial charge in [-0.2, -0.15) is 0 Å². The van der Waals surface area contributed by atoms with Crippen LogP contribution in [0.5, 0.6) is 0 Å². The Morgan fingerprint density at radius 2 is 2.13 bits per heavy atom. The second-order valence-electron chi connectivity index (χ2n) is 6.64. The van der Waals surface area contributed by atoms with E-state index in [-0.39, 0.29) is 0 Å². The molecule has 2 fully saturated rings. The monoisotopic (exact) mass is 313 g/mol. The average molecular weight is 313 g/mol. The molecule has 4 atom stereocenters. The summed E-state index contributed by atoms with van der Waals surface area (Å²) in [6.45, 7) is 3.33. The molecule has 122 valence electrons. The first-order valence-corrected chi connectivity index (χ1v) is 8.37. The van der Waals surface area contributed by atoms with Crippen LogP contribution in [0.25, 0.3) is 5.69 Å². The topological polar surface area (TPSA) is 79.7 Å². The van der Waals surface area contributed by atoms with Crippen molar-refractivity contribution in [3.05, 3.63) is 36.2 Å². The number of tetrazole rings is 1. The van der Waals surface area contributed by atoms with Gasteiger partial charge in [0, 0.05) is 24.7 Å². The van der Waals surface area contributed by atoms with E-state index in [9.17, 15) is 0 Å². The van der Waals surface area contributed by atoms with Gasteiger partial charge in [0.25, 0.3) is 0 Å². The van der Waals surface area contributed by atoms with Crippen molar-refractivity contribution in [3.63, 3.8) is 0 Å². The number of hydrazine groups is 1. The fourth-order valence-corrected chi connectivity index (χ4v) is 3.80. The van der Waals surface area contributed by atoms with Gasteiger partial charge in [0.15, 0.2) is 0 Å². The summed E-state index contributed by atoms with van der Waals surface area (Å²) in [4.78, 5) is 0. The summed E-state index contributed by atoms with van der Waals surface area (Å²) in [5.74, 6) is 0.760. The second-order valence-corrected chi connectivity index (χ2v) is 6.64. The van der Waals surface area contributed by atoms with Crippen molar-refractivity contribution >= 4 is 0 Å². The first kappa shape index (κ1) is 14.7. The third-order valence-electron chi connectivity index (χ3n) is 5.13. The lowest BCUT2D eigenvalue weighted by atomic mass is 9.82. The molecule has 1 saturated carbocycles. The second kappa shape index (κ2) is 6.35. The van der Waals surface area contributed by atoms with E-state index in [1.54, 1.807) is 11.0 Å². The fraction of sp³-hybridized carbons (Fsp3) is 0.562. The van der Waals surface area contributed by atoms with E-state index >= 15 is 0 Å². The highest BCUT2D eigenvalue weighted by molar-refractivity contribution is 5.34. The lowest BCUT2D eigenvalue weighted by Gasteiger charge is -2.33. The summed E-state index contributed by atoms with van der Waals surface area (Å²) in [5, 5.41) is 15.1. The Hall–Kier alpha value is -1.83. The fourth-order valence-electron chi connectivity index (χ4n) is 3.80. The minimum absolute atomic E-state index is 0.349. The van der Waals surface area contributed by atoms with Crippen molar-refractivity contribution in [2.45, 2.75) is 44.3 Å². The molecular weight excluding hydrogens is 290 g/mol. The van der Waals surface area contributed by atoms with Gasteiger partial charge in [-0.05, 0) is 60.2 Å². The molecule has 7 nitrogen and oxygen atoms in total. The number of rotatable bonds is 4. The third kappa shape index (κ3) is 3.12. The van der Waals surface area contributed by atoms with Gasteiger partial charge in [0.05, 0.1) is 5.69 Å². The standard InChI is InChI=1S/C16H23N7/c1-11(19-14-4-7-16-13(8-14)9-17-20-16)12-2-5-15(6-3-12)23-10-18-21-22-23/h2-3,5-6,10-11,13-14,16-17,19-20H,4,7-9H2,1H3. The minimum Gasteiger partial charge on any atom is -0.307 e. The van der Waals surface area contributed by atoms with Crippen LogP contribution in [-0.2, 0) is 0 Å². The summed E-state index contributed by atoms with van der Waals surface area (Å²) < 4.78 is 1.67. The molecule has 0 bridgehead atoms. The Kier molecular flexibility index (Phi) is 4.07. The van der Waals surface area contributed by atoms with Crippen LogP contribution in [0, 0.1) is 5.92 Å². The van der Waals surface area contributed by atoms with Crippen molar-refractivity contribution in [2.24, 2.45) is 5.92 Å². The minimum atomic E-state index is 0.349. The predicted molar refractivity (Wildman–Crippen MR) is 86.8 cm³/mol. The van der Waals surface area contributed by atoms with Gasteiger partial charge in [-0.1, -0.05) is 12.1 Å². The molecule has 0 radical (unpaired) electrons. The molecule has 0 spiro atoms. The number of nitrogens with zero attached hydrogens (tertiary/aromatic N) is 4. The van der Waals surface area contributed by atoms with Crippen LogP contribution in [0.2, 0.25) is 0 Å². The third-order valence-corrected chi connectivity index (χ3v) is 5.13. The number of hydrogen-bond donors (Lipinski definition) is 3. The summed E-state index contributed by atoms with van der Waals surface area (Å²) >= 11 is 0. The highest BCUT2D eigenvalue weighted by atomic mass is 15.5. The molecule has 0 amide bonds. The van der Waals surface area contributed by atoms with Gasteiger partial charge in [0.2, 0.25) is 0 Å². The van der Waals surface area contributed by atoms with Crippen molar-refractivity contribution in [2.75, 3.05) is 6.54 Å². The number of benzene rings is 1. The number of nitrogens with one attached hydrogen (secondary N) is 3. The van der Waals surface area contributed by atoms with E-state index in [1.165, 1.54) is 24.8 Å². The molecule has 1 saturated heterocycles. The summed E-state index contributed by atoms with van der Waals surface area (Å²) in [5.41, 5.74) is 8.96. The molecule has 4 rings (SSSR count). The molecule has 1 aromatic carbocycles. The van der Waals surface area contributed by atoms with E-state index in [2.05, 4.69) is 62.9 Å². The Balaban J connectivity index is 1.38. The number of aromatic nitrogens is 4. The van der Waals surface area contributed by atoms with Crippen LogP contribution in [0.4, 0.5) is 0 Å². The SMILES string of the molecule is CC(NC1CCC2NNCC2C1)c1ccc(-n2cnnn2)cc1. The van der Waals surface area contributed by atoms with Crippen molar-refractivity contribution in [1.82, 2.24) is 36.4 Å². The molecule has 2 heterocycles. The Morgan fingerprint density at radius 3 is 2.91 bits per heavy atom. The van der Waals surface area contributed by atoms with Gasteiger partial charge < -0.3 is 5.32 Å². The first-order valence-electron chi connectivity index (χ1n) is 8.37. The number of fused-ring (bicyclic) bond motifs is 1. The van der Waals surface area contributed by atoms with Crippen LogP contribution in [0.3, 0.4) is 0 Å². The maximum absolute atomic E-state index is 3.91. The smallest absolute Gasteiger partial charge is 0.143 e. The summed E-state index contributed by atoms with van der Waals surface area (Å²) in [6, 6.07) is 10.0. The van der Waals surface area contributed by atoms with E-state index in [1.807, 2.05) is 0 Å². The maximum Gasteiger partial charge on any atom is 0.143 e. The van der Waals surface area contributed by atoms with Crippen LogP contribution >= 0.6 is 0 Å². The van der Waals surface area contributed by atoms with Crippen molar-refractivity contribution < 1.29 is 0 Å². The predicted octanol–water partition coefficient (Wildman–Crippen LogP) is 0.958. The molecule has 4 unspecified atom stereocenters. The van der Waals surface area contributed by atoms with Crippen LogP contribution in [0.15, 0.2) is 30.6 Å². The van der Waals surface area contributed by atoms with Crippen LogP contribution < -0.4 is 16.2 Å². The first-order chi connectivity index (χ1) is 11.3. The van der Waals surface area contributed by atoms with Crippen molar-refractivity contribution in [1.29, 1.82) is 0 Å². The molecule has 1 aliphatic heterocycles. The Labute approximate surface area is 135 Å².